The molecule has 0 spiro atoms. The summed E-state index contributed by atoms with van der Waals surface area (Å²) in [5.41, 5.74) is 1.11. The third-order valence-electron chi connectivity index (χ3n) is 2.21. The van der Waals surface area contributed by atoms with Crippen molar-refractivity contribution in [1.82, 2.24) is 9.55 Å². The zero-order valence-corrected chi connectivity index (χ0v) is 9.08. The molecule has 0 aliphatic rings. The predicted molar refractivity (Wildman–Crippen MR) is 57.1 cm³/mol. The van der Waals surface area contributed by atoms with Crippen molar-refractivity contribution in [3.8, 4) is 0 Å². The summed E-state index contributed by atoms with van der Waals surface area (Å²) in [7, 11) is 3.18. The lowest BCUT2D eigenvalue weighted by Gasteiger charge is -2.02. The van der Waals surface area contributed by atoms with Gasteiger partial charge in [-0.2, -0.15) is 0 Å². The molecule has 0 aliphatic heterocycles. The first-order chi connectivity index (χ1) is 7.13. The molecule has 0 atom stereocenters. The van der Waals surface area contributed by atoms with E-state index in [1.165, 1.54) is 13.2 Å². The van der Waals surface area contributed by atoms with Gasteiger partial charge in [0.2, 0.25) is 0 Å². The molecule has 0 unspecified atom stereocenters. The van der Waals surface area contributed by atoms with Crippen molar-refractivity contribution in [1.29, 1.82) is 0 Å². The van der Waals surface area contributed by atoms with E-state index in [4.69, 9.17) is 11.6 Å². The second-order valence-corrected chi connectivity index (χ2v) is 3.54. The van der Waals surface area contributed by atoms with Gasteiger partial charge in [0.15, 0.2) is 0 Å². The maximum atomic E-state index is 11.5. The first-order valence-electron chi connectivity index (χ1n) is 4.33. The minimum Gasteiger partial charge on any atom is -0.465 e. The first kappa shape index (κ1) is 9.98. The topological polar surface area (TPSA) is 44.1 Å². The SMILES string of the molecule is COC(=O)c1cc(Cl)nc2c1ccn2C. The molecule has 2 heterocycles. The third kappa shape index (κ3) is 1.57. The molecule has 0 bridgehead atoms. The number of nitrogens with zero attached hydrogens (tertiary/aromatic N) is 2. The molecule has 78 valence electrons. The number of esters is 1. The van der Waals surface area contributed by atoms with E-state index in [2.05, 4.69) is 9.72 Å². The number of hydrogen-bond donors (Lipinski definition) is 0. The van der Waals surface area contributed by atoms with Crippen LogP contribution in [0.2, 0.25) is 5.15 Å². The highest BCUT2D eigenvalue weighted by Gasteiger charge is 2.14. The molecule has 15 heavy (non-hydrogen) atoms. The van der Waals surface area contributed by atoms with Crippen molar-refractivity contribution in [2.45, 2.75) is 0 Å². The number of fused-ring (bicyclic) bond motifs is 1. The molecule has 0 aliphatic carbocycles. The van der Waals surface area contributed by atoms with Gasteiger partial charge in [-0.15, -0.1) is 0 Å². The van der Waals surface area contributed by atoms with Crippen LogP contribution in [0.1, 0.15) is 10.4 Å². The highest BCUT2D eigenvalue weighted by atomic mass is 35.5. The lowest BCUT2D eigenvalue weighted by Crippen LogP contribution is -2.03. The minimum absolute atomic E-state index is 0.282. The van der Waals surface area contributed by atoms with Gasteiger partial charge in [-0.05, 0) is 12.1 Å². The zero-order chi connectivity index (χ0) is 11.0. The lowest BCUT2D eigenvalue weighted by molar-refractivity contribution is 0.0603. The summed E-state index contributed by atoms with van der Waals surface area (Å²) >= 11 is 5.82. The Hall–Kier alpha value is -1.55. The van der Waals surface area contributed by atoms with Crippen LogP contribution >= 0.6 is 11.6 Å². The summed E-state index contributed by atoms with van der Waals surface area (Å²) in [5.74, 6) is -0.407. The van der Waals surface area contributed by atoms with Crippen molar-refractivity contribution in [2.75, 3.05) is 7.11 Å². The predicted octanol–water partition coefficient (Wildman–Crippen LogP) is 2.01. The Morgan fingerprint density at radius 2 is 2.33 bits per heavy atom. The lowest BCUT2D eigenvalue weighted by atomic mass is 10.2. The van der Waals surface area contributed by atoms with Crippen molar-refractivity contribution >= 4 is 28.6 Å². The van der Waals surface area contributed by atoms with E-state index in [9.17, 15) is 4.79 Å². The van der Waals surface area contributed by atoms with Gasteiger partial charge in [0, 0.05) is 18.6 Å². The summed E-state index contributed by atoms with van der Waals surface area (Å²) in [6.45, 7) is 0. The van der Waals surface area contributed by atoms with Gasteiger partial charge in [0.25, 0.3) is 0 Å². The number of carbonyl (C=O) groups is 1. The number of aromatic nitrogens is 2. The summed E-state index contributed by atoms with van der Waals surface area (Å²) in [6.07, 6.45) is 1.82. The van der Waals surface area contributed by atoms with Crippen molar-refractivity contribution in [3.05, 3.63) is 29.0 Å². The second-order valence-electron chi connectivity index (χ2n) is 3.15. The Bertz CT molecular complexity index is 533. The molecule has 0 fully saturated rings. The number of methoxy groups -OCH3 is 1. The monoisotopic (exact) mass is 224 g/mol. The maximum absolute atomic E-state index is 11.5. The fraction of sp³-hybridized carbons (Fsp3) is 0.200. The molecule has 0 N–H and O–H groups in total. The Balaban J connectivity index is 2.78. The Kier molecular flexibility index (Phi) is 2.36. The number of ether oxygens (including phenoxy) is 1. The number of pyridine rings is 1. The van der Waals surface area contributed by atoms with Crippen LogP contribution in [0.15, 0.2) is 18.3 Å². The van der Waals surface area contributed by atoms with Crippen LogP contribution < -0.4 is 0 Å². The molecular weight excluding hydrogens is 216 g/mol. The van der Waals surface area contributed by atoms with E-state index < -0.39 is 5.97 Å². The molecule has 2 aromatic rings. The van der Waals surface area contributed by atoms with Gasteiger partial charge >= 0.3 is 5.97 Å². The summed E-state index contributed by atoms with van der Waals surface area (Å²) in [5, 5.41) is 1.03. The summed E-state index contributed by atoms with van der Waals surface area (Å²) in [4.78, 5) is 15.6. The fourth-order valence-electron chi connectivity index (χ4n) is 1.48. The zero-order valence-electron chi connectivity index (χ0n) is 8.32. The van der Waals surface area contributed by atoms with Crippen molar-refractivity contribution in [2.24, 2.45) is 7.05 Å². The molecule has 2 aromatic heterocycles. The van der Waals surface area contributed by atoms with Gasteiger partial charge in [0.05, 0.1) is 12.7 Å². The highest BCUT2D eigenvalue weighted by molar-refractivity contribution is 6.30. The Morgan fingerprint density at radius 1 is 1.60 bits per heavy atom. The quantitative estimate of drug-likeness (QED) is 0.550. The Labute approximate surface area is 91.4 Å². The van der Waals surface area contributed by atoms with Gasteiger partial charge in [0.1, 0.15) is 10.8 Å². The van der Waals surface area contributed by atoms with E-state index in [1.54, 1.807) is 4.57 Å². The number of aryl methyl sites for hydroxylation is 1. The molecular formula is C10H9ClN2O2. The van der Waals surface area contributed by atoms with Crippen molar-refractivity contribution in [3.63, 3.8) is 0 Å². The molecule has 4 nitrogen and oxygen atoms in total. The van der Waals surface area contributed by atoms with Crippen LogP contribution in [0.3, 0.4) is 0 Å². The van der Waals surface area contributed by atoms with Crippen LogP contribution in [-0.2, 0) is 11.8 Å². The molecule has 2 rings (SSSR count). The molecule has 0 saturated carbocycles. The van der Waals surface area contributed by atoms with Crippen molar-refractivity contribution < 1.29 is 9.53 Å². The molecule has 0 radical (unpaired) electrons. The van der Waals surface area contributed by atoms with Gasteiger partial charge < -0.3 is 9.30 Å². The van der Waals surface area contributed by atoms with E-state index in [1.807, 2.05) is 19.3 Å². The van der Waals surface area contributed by atoms with Gasteiger partial charge in [-0.25, -0.2) is 9.78 Å². The van der Waals surface area contributed by atoms with E-state index in [0.29, 0.717) is 11.2 Å². The van der Waals surface area contributed by atoms with E-state index in [0.717, 1.165) is 5.39 Å². The molecule has 5 heteroatoms. The summed E-state index contributed by atoms with van der Waals surface area (Å²) < 4.78 is 6.47. The summed E-state index contributed by atoms with van der Waals surface area (Å²) in [6, 6.07) is 3.32. The number of hydrogen-bond acceptors (Lipinski definition) is 3. The maximum Gasteiger partial charge on any atom is 0.338 e. The van der Waals surface area contributed by atoms with Crippen LogP contribution in [-0.4, -0.2) is 22.6 Å². The number of halogens is 1. The number of carbonyl (C=O) groups excluding carboxylic acids is 1. The van der Waals surface area contributed by atoms with Gasteiger partial charge in [-0.3, -0.25) is 0 Å². The normalized spacial score (nSPS) is 10.6. The Morgan fingerprint density at radius 3 is 3.00 bits per heavy atom. The fourth-order valence-corrected chi connectivity index (χ4v) is 1.67. The average molecular weight is 225 g/mol. The second kappa shape index (κ2) is 3.55. The smallest absolute Gasteiger partial charge is 0.338 e. The van der Waals surface area contributed by atoms with Crippen LogP contribution in [0, 0.1) is 0 Å². The number of rotatable bonds is 1. The molecule has 0 aromatic carbocycles. The molecule has 0 saturated heterocycles. The van der Waals surface area contributed by atoms with Crippen LogP contribution in [0.4, 0.5) is 0 Å². The highest BCUT2D eigenvalue weighted by Crippen LogP contribution is 2.21. The minimum atomic E-state index is -0.407. The third-order valence-corrected chi connectivity index (χ3v) is 2.41. The van der Waals surface area contributed by atoms with E-state index in [-0.39, 0.29) is 5.15 Å². The first-order valence-corrected chi connectivity index (χ1v) is 4.71. The van der Waals surface area contributed by atoms with Crippen LogP contribution in [0.5, 0.6) is 0 Å². The van der Waals surface area contributed by atoms with Gasteiger partial charge in [-0.1, -0.05) is 11.6 Å². The van der Waals surface area contributed by atoms with Crippen LogP contribution in [0.25, 0.3) is 11.0 Å². The average Bonchev–Trinajstić information content (AvgIpc) is 2.58. The molecule has 0 amide bonds. The largest absolute Gasteiger partial charge is 0.465 e. The van der Waals surface area contributed by atoms with E-state index >= 15 is 0 Å². The standard InChI is InChI=1S/C10H9ClN2O2/c1-13-4-3-6-7(10(14)15-2)5-8(11)12-9(6)13/h3-5H,1-2H3.